The molecule has 0 radical (unpaired) electrons. The second-order valence-corrected chi connectivity index (χ2v) is 15.6. The fourth-order valence-corrected chi connectivity index (χ4v) is 9.22. The van der Waals surface area contributed by atoms with E-state index in [0.717, 1.165) is 78.3 Å². The molecule has 0 N–H and O–H groups in total. The average Bonchev–Trinajstić information content (AvgIpc) is 3.65. The third-order valence-corrected chi connectivity index (χ3v) is 12.1. The molecule has 0 bridgehead atoms. The van der Waals surface area contributed by atoms with Gasteiger partial charge >= 0.3 is 0 Å². The normalized spacial score (nSPS) is 11.7. The van der Waals surface area contributed by atoms with Gasteiger partial charge in [0.05, 0.1) is 0 Å². The molecule has 11 aromatic rings. The van der Waals surface area contributed by atoms with Gasteiger partial charge in [-0.05, 0) is 105 Å². The van der Waals surface area contributed by atoms with E-state index in [9.17, 15) is 0 Å². The van der Waals surface area contributed by atoms with Crippen molar-refractivity contribution >= 4 is 49.8 Å². The lowest BCUT2D eigenvalue weighted by atomic mass is 9.85. The minimum absolute atomic E-state index is 0.817. The van der Waals surface area contributed by atoms with E-state index >= 15 is 0 Å². The van der Waals surface area contributed by atoms with Gasteiger partial charge in [0.15, 0.2) is 0 Å². The number of fused-ring (bicyclic) bond motifs is 10. The van der Waals surface area contributed by atoms with E-state index in [1.54, 1.807) is 0 Å². The van der Waals surface area contributed by atoms with Gasteiger partial charge < -0.3 is 14.1 Å². The summed E-state index contributed by atoms with van der Waals surface area (Å²) in [4.78, 5) is 2.34. The highest BCUT2D eigenvalue weighted by Gasteiger charge is 2.26. The van der Waals surface area contributed by atoms with Crippen molar-refractivity contribution in [3.63, 3.8) is 0 Å². The number of hydrogen-bond donors (Lipinski definition) is 0. The van der Waals surface area contributed by atoms with Crippen molar-refractivity contribution in [3.8, 4) is 67.1 Å². The predicted molar refractivity (Wildman–Crippen MR) is 253 cm³/mol. The lowest BCUT2D eigenvalue weighted by Gasteiger charge is -2.27. The number of rotatable bonds is 6. The topological polar surface area (TPSA) is 25.6 Å². The van der Waals surface area contributed by atoms with Crippen LogP contribution in [-0.4, -0.2) is 0 Å². The second kappa shape index (κ2) is 14.3. The summed E-state index contributed by atoms with van der Waals surface area (Å²) in [5.74, 6) is 1.66. The van der Waals surface area contributed by atoms with Crippen LogP contribution in [0.1, 0.15) is 0 Å². The highest BCUT2D eigenvalue weighted by Crippen LogP contribution is 2.53. The molecule has 0 unspecified atom stereocenters. The van der Waals surface area contributed by atoms with Crippen molar-refractivity contribution in [3.05, 3.63) is 224 Å². The highest BCUT2D eigenvalue weighted by molar-refractivity contribution is 6.13. The molecule has 10 aromatic carbocycles. The van der Waals surface area contributed by atoms with E-state index in [1.165, 1.54) is 38.6 Å². The molecular formula is C58H37NO2. The summed E-state index contributed by atoms with van der Waals surface area (Å²) >= 11 is 0. The predicted octanol–water partition coefficient (Wildman–Crippen LogP) is 16.6. The largest absolute Gasteiger partial charge is 0.456 e. The molecule has 3 nitrogen and oxygen atoms in total. The SMILES string of the molecule is c1ccc(-c2ccc(N(c3ccc(-c4cccc5c4oc4ccccc45)cc3)c3ccc4c(c3)-c3cc(-c5ccccc5)c5ccccc5c3-c3ccccc3O4)cc2)cc1. The molecule has 0 amide bonds. The van der Waals surface area contributed by atoms with E-state index in [-0.39, 0.29) is 0 Å². The van der Waals surface area contributed by atoms with Gasteiger partial charge in [-0.3, -0.25) is 0 Å². The molecule has 61 heavy (non-hydrogen) atoms. The first-order valence-electron chi connectivity index (χ1n) is 20.7. The van der Waals surface area contributed by atoms with Gasteiger partial charge in [-0.25, -0.2) is 0 Å². The van der Waals surface area contributed by atoms with Crippen LogP contribution >= 0.6 is 0 Å². The molecule has 0 atom stereocenters. The maximum atomic E-state index is 6.88. The Balaban J connectivity index is 1.05. The quantitative estimate of drug-likeness (QED) is 0.168. The Morgan fingerprint density at radius 1 is 0.295 bits per heavy atom. The van der Waals surface area contributed by atoms with Crippen molar-refractivity contribution in [2.75, 3.05) is 4.90 Å². The van der Waals surface area contributed by atoms with E-state index < -0.39 is 0 Å². The minimum atomic E-state index is 0.817. The number of furan rings is 1. The Kier molecular flexibility index (Phi) is 8.17. The van der Waals surface area contributed by atoms with Gasteiger partial charge in [-0.15, -0.1) is 0 Å². The maximum Gasteiger partial charge on any atom is 0.143 e. The Bertz CT molecular complexity index is 3420. The molecule has 1 aromatic heterocycles. The fourth-order valence-electron chi connectivity index (χ4n) is 9.22. The lowest BCUT2D eigenvalue weighted by Crippen LogP contribution is -2.10. The Hall–Kier alpha value is -8.14. The first-order valence-corrected chi connectivity index (χ1v) is 20.7. The van der Waals surface area contributed by atoms with Crippen LogP contribution in [0.2, 0.25) is 0 Å². The second-order valence-electron chi connectivity index (χ2n) is 15.6. The van der Waals surface area contributed by atoms with Crippen molar-refractivity contribution in [1.82, 2.24) is 0 Å². The molecule has 0 aliphatic carbocycles. The van der Waals surface area contributed by atoms with Gasteiger partial charge in [0, 0.05) is 50.1 Å². The van der Waals surface area contributed by atoms with Crippen LogP contribution in [-0.2, 0) is 0 Å². The summed E-state index contributed by atoms with van der Waals surface area (Å²) in [6, 6.07) is 79.8. The average molecular weight is 780 g/mol. The van der Waals surface area contributed by atoms with Crippen molar-refractivity contribution in [1.29, 1.82) is 0 Å². The van der Waals surface area contributed by atoms with Crippen molar-refractivity contribution in [2.45, 2.75) is 0 Å². The Labute approximate surface area is 354 Å². The molecular weight excluding hydrogens is 743 g/mol. The summed E-state index contributed by atoms with van der Waals surface area (Å²) in [5, 5.41) is 4.65. The van der Waals surface area contributed by atoms with E-state index in [0.29, 0.717) is 0 Å². The van der Waals surface area contributed by atoms with E-state index in [4.69, 9.17) is 9.15 Å². The number of benzene rings is 10. The van der Waals surface area contributed by atoms with Gasteiger partial charge in [-0.1, -0.05) is 164 Å². The molecule has 2 heterocycles. The fraction of sp³-hybridized carbons (Fsp3) is 0. The number of nitrogens with zero attached hydrogens (tertiary/aromatic N) is 1. The zero-order chi connectivity index (χ0) is 40.3. The number of para-hydroxylation sites is 3. The monoisotopic (exact) mass is 779 g/mol. The Morgan fingerprint density at radius 2 is 0.836 bits per heavy atom. The molecule has 0 spiro atoms. The first kappa shape index (κ1) is 34.9. The smallest absolute Gasteiger partial charge is 0.143 e. The highest BCUT2D eigenvalue weighted by atomic mass is 16.5. The molecule has 1 aliphatic heterocycles. The molecule has 0 fully saturated rings. The summed E-state index contributed by atoms with van der Waals surface area (Å²) < 4.78 is 13.3. The summed E-state index contributed by atoms with van der Waals surface area (Å²) in [5.41, 5.74) is 16.2. The Morgan fingerprint density at radius 3 is 1.61 bits per heavy atom. The molecule has 1 aliphatic rings. The third-order valence-electron chi connectivity index (χ3n) is 12.1. The van der Waals surface area contributed by atoms with Gasteiger partial charge in [0.1, 0.15) is 22.7 Å². The molecule has 0 saturated heterocycles. The van der Waals surface area contributed by atoms with Crippen LogP contribution in [0, 0.1) is 0 Å². The molecule has 3 heteroatoms. The third kappa shape index (κ3) is 5.90. The van der Waals surface area contributed by atoms with Crippen LogP contribution in [0.5, 0.6) is 11.5 Å². The number of hydrogen-bond acceptors (Lipinski definition) is 3. The number of ether oxygens (including phenoxy) is 1. The van der Waals surface area contributed by atoms with Crippen molar-refractivity contribution < 1.29 is 9.15 Å². The van der Waals surface area contributed by atoms with Crippen LogP contribution < -0.4 is 9.64 Å². The summed E-state index contributed by atoms with van der Waals surface area (Å²) in [6.07, 6.45) is 0. The van der Waals surface area contributed by atoms with Crippen molar-refractivity contribution in [2.24, 2.45) is 0 Å². The standard InChI is InChI=1S/C58H37NO2/c1-3-14-38(15-4-1)39-26-30-42(31-27-39)59(43-32-28-41(29-33-43)45-22-13-23-49-47-19-9-11-24-54(47)61-58(45)49)44-34-35-56-52(36-44)53-37-51(40-16-5-2-6-17-40)46-18-7-8-20-48(46)57(53)50-21-10-12-25-55(50)60-56/h1-37H. The van der Waals surface area contributed by atoms with Gasteiger partial charge in [-0.2, -0.15) is 0 Å². The zero-order valence-electron chi connectivity index (χ0n) is 33.1. The summed E-state index contributed by atoms with van der Waals surface area (Å²) in [7, 11) is 0. The van der Waals surface area contributed by atoms with Crippen LogP contribution in [0.3, 0.4) is 0 Å². The van der Waals surface area contributed by atoms with E-state index in [1.807, 2.05) is 12.1 Å². The van der Waals surface area contributed by atoms with Crippen LogP contribution in [0.4, 0.5) is 17.1 Å². The molecule has 12 rings (SSSR count). The maximum absolute atomic E-state index is 6.88. The lowest BCUT2D eigenvalue weighted by molar-refractivity contribution is 0.488. The molecule has 0 saturated carbocycles. The van der Waals surface area contributed by atoms with Crippen LogP contribution in [0.15, 0.2) is 229 Å². The van der Waals surface area contributed by atoms with Gasteiger partial charge in [0.25, 0.3) is 0 Å². The van der Waals surface area contributed by atoms with Gasteiger partial charge in [0.2, 0.25) is 0 Å². The van der Waals surface area contributed by atoms with E-state index in [2.05, 4.69) is 217 Å². The minimum Gasteiger partial charge on any atom is -0.456 e. The number of anilines is 3. The molecule has 286 valence electrons. The summed E-state index contributed by atoms with van der Waals surface area (Å²) in [6.45, 7) is 0. The zero-order valence-corrected chi connectivity index (χ0v) is 33.1. The van der Waals surface area contributed by atoms with Crippen LogP contribution in [0.25, 0.3) is 88.3 Å². The first-order chi connectivity index (χ1) is 30.2.